The number of amides is 2. The number of fused-ring (bicyclic) bond motifs is 1. The van der Waals surface area contributed by atoms with Crippen LogP contribution in [0.4, 0.5) is 8.78 Å². The summed E-state index contributed by atoms with van der Waals surface area (Å²) in [4.78, 5) is 31.5. The summed E-state index contributed by atoms with van der Waals surface area (Å²) < 4.78 is 26.4. The van der Waals surface area contributed by atoms with Crippen molar-refractivity contribution in [3.63, 3.8) is 0 Å². The maximum absolute atomic E-state index is 13.5. The van der Waals surface area contributed by atoms with Crippen LogP contribution < -0.4 is 10.6 Å². The molecule has 8 heteroatoms. The predicted molar refractivity (Wildman–Crippen MR) is 96.0 cm³/mol. The molecule has 0 saturated carbocycles. The summed E-state index contributed by atoms with van der Waals surface area (Å²) in [5.41, 5.74) is 1.41. The molecule has 0 saturated heterocycles. The van der Waals surface area contributed by atoms with Gasteiger partial charge in [0.2, 0.25) is 5.91 Å². The van der Waals surface area contributed by atoms with Crippen LogP contribution in [0, 0.1) is 11.6 Å². The van der Waals surface area contributed by atoms with Gasteiger partial charge in [0.05, 0.1) is 22.6 Å². The number of benzene rings is 2. The first-order valence-corrected chi connectivity index (χ1v) is 8.41. The second-order valence-electron chi connectivity index (χ2n) is 6.06. The van der Waals surface area contributed by atoms with Crippen LogP contribution in [0.2, 0.25) is 0 Å². The molecule has 0 aliphatic rings. The summed E-state index contributed by atoms with van der Waals surface area (Å²) in [5, 5.41) is 5.22. The van der Waals surface area contributed by atoms with Gasteiger partial charge in [-0.3, -0.25) is 9.59 Å². The lowest BCUT2D eigenvalue weighted by atomic mass is 10.2. The van der Waals surface area contributed by atoms with Gasteiger partial charge in [0.15, 0.2) is 0 Å². The number of carbonyl (C=O) groups excluding carboxylic acids is 2. The SMILES string of the molecule is CC(NC(=O)CCNC(=O)c1ccc(F)cc1F)c1nc2ccccc2[nH]1. The highest BCUT2D eigenvalue weighted by molar-refractivity contribution is 5.94. The van der Waals surface area contributed by atoms with Crippen LogP contribution in [0.15, 0.2) is 42.5 Å². The Balaban J connectivity index is 1.49. The Morgan fingerprint density at radius 3 is 2.70 bits per heavy atom. The van der Waals surface area contributed by atoms with Gasteiger partial charge in [-0.1, -0.05) is 12.1 Å². The molecular weight excluding hydrogens is 354 g/mol. The van der Waals surface area contributed by atoms with Crippen molar-refractivity contribution in [3.05, 3.63) is 65.5 Å². The lowest BCUT2D eigenvalue weighted by Crippen LogP contribution is -2.32. The number of hydrogen-bond acceptors (Lipinski definition) is 3. The maximum Gasteiger partial charge on any atom is 0.254 e. The molecule has 0 spiro atoms. The number of imidazole rings is 1. The van der Waals surface area contributed by atoms with E-state index in [0.717, 1.165) is 23.2 Å². The fourth-order valence-electron chi connectivity index (χ4n) is 2.62. The van der Waals surface area contributed by atoms with Gasteiger partial charge in [-0.25, -0.2) is 13.8 Å². The van der Waals surface area contributed by atoms with Crippen LogP contribution in [0.1, 0.15) is 35.6 Å². The number of hydrogen-bond donors (Lipinski definition) is 3. The van der Waals surface area contributed by atoms with Crippen molar-refractivity contribution in [1.29, 1.82) is 0 Å². The molecular formula is C19H18F2N4O2. The summed E-state index contributed by atoms with van der Waals surface area (Å²) >= 11 is 0. The topological polar surface area (TPSA) is 86.9 Å². The van der Waals surface area contributed by atoms with Gasteiger partial charge >= 0.3 is 0 Å². The molecule has 1 atom stereocenters. The number of carbonyl (C=O) groups is 2. The minimum Gasteiger partial charge on any atom is -0.351 e. The summed E-state index contributed by atoms with van der Waals surface area (Å²) in [6.45, 7) is 1.82. The van der Waals surface area contributed by atoms with Crippen molar-refractivity contribution < 1.29 is 18.4 Å². The number of H-pyrrole nitrogens is 1. The van der Waals surface area contributed by atoms with Crippen molar-refractivity contribution in [2.75, 3.05) is 6.54 Å². The van der Waals surface area contributed by atoms with Crippen molar-refractivity contribution in [2.45, 2.75) is 19.4 Å². The van der Waals surface area contributed by atoms with Crippen molar-refractivity contribution in [2.24, 2.45) is 0 Å². The molecule has 0 aliphatic carbocycles. The smallest absolute Gasteiger partial charge is 0.254 e. The number of rotatable bonds is 6. The van der Waals surface area contributed by atoms with Crippen LogP contribution in [-0.2, 0) is 4.79 Å². The van der Waals surface area contributed by atoms with E-state index in [9.17, 15) is 18.4 Å². The monoisotopic (exact) mass is 372 g/mol. The van der Waals surface area contributed by atoms with E-state index in [1.807, 2.05) is 24.3 Å². The number of nitrogens with one attached hydrogen (secondary N) is 3. The third-order valence-corrected chi connectivity index (χ3v) is 4.01. The Bertz CT molecular complexity index is 954. The third kappa shape index (κ3) is 4.46. The molecule has 1 aromatic heterocycles. The Labute approximate surface area is 154 Å². The molecule has 1 heterocycles. The van der Waals surface area contributed by atoms with E-state index in [1.165, 1.54) is 0 Å². The Kier molecular flexibility index (Phi) is 5.44. The van der Waals surface area contributed by atoms with Crippen molar-refractivity contribution >= 4 is 22.8 Å². The van der Waals surface area contributed by atoms with E-state index in [4.69, 9.17) is 0 Å². The molecule has 2 amide bonds. The minimum absolute atomic E-state index is 0.0130. The summed E-state index contributed by atoms with van der Waals surface area (Å²) in [7, 11) is 0. The van der Waals surface area contributed by atoms with Crippen LogP contribution in [0.3, 0.4) is 0 Å². The predicted octanol–water partition coefficient (Wildman–Crippen LogP) is 2.84. The molecule has 0 aliphatic heterocycles. The molecule has 0 bridgehead atoms. The summed E-state index contributed by atoms with van der Waals surface area (Å²) in [6.07, 6.45) is 0.0130. The fourth-order valence-corrected chi connectivity index (χ4v) is 2.62. The molecule has 1 unspecified atom stereocenters. The quantitative estimate of drug-likeness (QED) is 0.622. The lowest BCUT2D eigenvalue weighted by Gasteiger charge is -2.12. The van der Waals surface area contributed by atoms with Gasteiger partial charge in [0.25, 0.3) is 5.91 Å². The Morgan fingerprint density at radius 2 is 1.96 bits per heavy atom. The van der Waals surface area contributed by atoms with Gasteiger partial charge < -0.3 is 15.6 Å². The van der Waals surface area contributed by atoms with E-state index in [-0.39, 0.29) is 30.5 Å². The standard InChI is InChI=1S/C19H18F2N4O2/c1-11(18-24-15-4-2-3-5-16(15)25-18)23-17(26)8-9-22-19(27)13-7-6-12(20)10-14(13)21/h2-7,10-11H,8-9H2,1H3,(H,22,27)(H,23,26)(H,24,25). The van der Waals surface area contributed by atoms with Crippen molar-refractivity contribution in [1.82, 2.24) is 20.6 Å². The molecule has 0 fully saturated rings. The van der Waals surface area contributed by atoms with Crippen LogP contribution >= 0.6 is 0 Å². The van der Waals surface area contributed by atoms with E-state index >= 15 is 0 Å². The highest BCUT2D eigenvalue weighted by atomic mass is 19.1. The summed E-state index contributed by atoms with van der Waals surface area (Å²) in [6, 6.07) is 9.89. The van der Waals surface area contributed by atoms with Gasteiger partial charge in [0, 0.05) is 19.0 Å². The molecule has 3 N–H and O–H groups in total. The summed E-state index contributed by atoms with van der Waals surface area (Å²) in [5.74, 6) is -2.08. The Hall–Kier alpha value is -3.29. The average molecular weight is 372 g/mol. The van der Waals surface area contributed by atoms with Crippen LogP contribution in [0.5, 0.6) is 0 Å². The first-order chi connectivity index (χ1) is 12.9. The number of halogens is 2. The first kappa shape index (κ1) is 18.5. The van der Waals surface area contributed by atoms with Gasteiger partial charge in [-0.15, -0.1) is 0 Å². The van der Waals surface area contributed by atoms with E-state index in [2.05, 4.69) is 20.6 Å². The van der Waals surface area contributed by atoms with E-state index in [0.29, 0.717) is 11.9 Å². The fraction of sp³-hybridized carbons (Fsp3) is 0.211. The molecule has 2 aromatic carbocycles. The number of aromatic amines is 1. The number of nitrogens with zero attached hydrogens (tertiary/aromatic N) is 1. The van der Waals surface area contributed by atoms with Gasteiger partial charge in [-0.2, -0.15) is 0 Å². The second-order valence-corrected chi connectivity index (χ2v) is 6.06. The van der Waals surface area contributed by atoms with E-state index in [1.54, 1.807) is 6.92 Å². The lowest BCUT2D eigenvalue weighted by molar-refractivity contribution is -0.121. The molecule has 3 rings (SSSR count). The van der Waals surface area contributed by atoms with Crippen LogP contribution in [-0.4, -0.2) is 28.3 Å². The minimum atomic E-state index is -0.949. The van der Waals surface area contributed by atoms with Crippen LogP contribution in [0.25, 0.3) is 11.0 Å². The molecule has 6 nitrogen and oxygen atoms in total. The third-order valence-electron chi connectivity index (χ3n) is 4.01. The first-order valence-electron chi connectivity index (χ1n) is 8.41. The number of para-hydroxylation sites is 2. The van der Waals surface area contributed by atoms with Gasteiger partial charge in [0.1, 0.15) is 17.5 Å². The second kappa shape index (κ2) is 7.94. The van der Waals surface area contributed by atoms with Crippen molar-refractivity contribution in [3.8, 4) is 0 Å². The number of aromatic nitrogens is 2. The molecule has 27 heavy (non-hydrogen) atoms. The van der Waals surface area contributed by atoms with Gasteiger partial charge in [-0.05, 0) is 31.2 Å². The molecule has 140 valence electrons. The van der Waals surface area contributed by atoms with E-state index < -0.39 is 17.5 Å². The zero-order valence-electron chi connectivity index (χ0n) is 14.6. The maximum atomic E-state index is 13.5. The zero-order chi connectivity index (χ0) is 19.4. The molecule has 0 radical (unpaired) electrons. The highest BCUT2D eigenvalue weighted by Crippen LogP contribution is 2.15. The normalized spacial score (nSPS) is 12.0. The largest absolute Gasteiger partial charge is 0.351 e. The zero-order valence-corrected chi connectivity index (χ0v) is 14.6. The highest BCUT2D eigenvalue weighted by Gasteiger charge is 2.15. The Morgan fingerprint density at radius 1 is 1.19 bits per heavy atom. The average Bonchev–Trinajstić information content (AvgIpc) is 3.06. The molecule has 3 aromatic rings.